The molecule has 1 aromatic heterocycles. The van der Waals surface area contributed by atoms with Crippen LogP contribution in [0.15, 0.2) is 11.7 Å². The molecule has 2 N–H and O–H groups in total. The smallest absolute Gasteiger partial charge is 0.263 e. The van der Waals surface area contributed by atoms with Crippen molar-refractivity contribution in [2.75, 3.05) is 13.1 Å². The molecule has 2 rings (SSSR count). The zero-order valence-electron chi connectivity index (χ0n) is 8.53. The molecule has 0 aromatic carbocycles. The molecule has 1 amide bonds. The van der Waals surface area contributed by atoms with Crippen molar-refractivity contribution in [3.8, 4) is 0 Å². The molecule has 1 unspecified atom stereocenters. The molecule has 0 aliphatic carbocycles. The average molecular weight is 225 g/mol. The first-order chi connectivity index (χ1) is 7.36. The lowest BCUT2D eigenvalue weighted by Gasteiger charge is -2.14. The molecule has 4 nitrogen and oxygen atoms in total. The fourth-order valence-electron chi connectivity index (χ4n) is 1.75. The number of nitrogens with one attached hydrogen (secondary N) is 2. The summed E-state index contributed by atoms with van der Waals surface area (Å²) in [4.78, 5) is 16.3. The molecule has 1 aliphatic rings. The van der Waals surface area contributed by atoms with E-state index in [4.69, 9.17) is 0 Å². The Morgan fingerprint density at radius 2 is 2.47 bits per heavy atom. The number of amides is 1. The summed E-state index contributed by atoms with van der Waals surface area (Å²) in [5, 5.41) is 6.38. The number of carbonyl (C=O) groups is 1. The van der Waals surface area contributed by atoms with Crippen molar-refractivity contribution < 1.29 is 4.79 Å². The molecule has 0 radical (unpaired) electrons. The molecule has 1 aromatic rings. The molecule has 1 atom stereocenters. The molecule has 1 saturated heterocycles. The van der Waals surface area contributed by atoms with Gasteiger partial charge in [0.05, 0.1) is 11.7 Å². The summed E-state index contributed by atoms with van der Waals surface area (Å²) in [7, 11) is 0. The minimum absolute atomic E-state index is 0.0180. The van der Waals surface area contributed by atoms with Gasteiger partial charge >= 0.3 is 0 Å². The first-order valence-electron chi connectivity index (χ1n) is 5.26. The molecule has 1 aliphatic heterocycles. The van der Waals surface area contributed by atoms with E-state index in [0.29, 0.717) is 10.9 Å². The van der Waals surface area contributed by atoms with Gasteiger partial charge in [0, 0.05) is 6.04 Å². The van der Waals surface area contributed by atoms with E-state index in [1.165, 1.54) is 11.3 Å². The first kappa shape index (κ1) is 10.6. The maximum Gasteiger partial charge on any atom is 0.263 e. The maximum absolute atomic E-state index is 11.7. The Bertz CT molecular complexity index is 304. The second kappa shape index (κ2) is 5.23. The van der Waals surface area contributed by atoms with Gasteiger partial charge in [-0.3, -0.25) is 9.78 Å². The van der Waals surface area contributed by atoms with Crippen molar-refractivity contribution in [2.24, 2.45) is 0 Å². The van der Waals surface area contributed by atoms with Crippen LogP contribution in [0.1, 0.15) is 28.9 Å². The second-order valence-corrected chi connectivity index (χ2v) is 4.60. The fraction of sp³-hybridized carbons (Fsp3) is 0.600. The SMILES string of the molecule is O=C(NC1CCCNCC1)c1cncs1. The van der Waals surface area contributed by atoms with Crippen molar-refractivity contribution in [2.45, 2.75) is 25.3 Å². The number of thiazole rings is 1. The highest BCUT2D eigenvalue weighted by Crippen LogP contribution is 2.09. The van der Waals surface area contributed by atoms with E-state index >= 15 is 0 Å². The van der Waals surface area contributed by atoms with Crippen LogP contribution < -0.4 is 10.6 Å². The van der Waals surface area contributed by atoms with Crippen LogP contribution in [0.4, 0.5) is 0 Å². The molecule has 15 heavy (non-hydrogen) atoms. The molecule has 0 bridgehead atoms. The Morgan fingerprint density at radius 3 is 3.27 bits per heavy atom. The van der Waals surface area contributed by atoms with Gasteiger partial charge in [-0.25, -0.2) is 0 Å². The van der Waals surface area contributed by atoms with Crippen LogP contribution in [0.25, 0.3) is 0 Å². The quantitative estimate of drug-likeness (QED) is 0.790. The minimum atomic E-state index is 0.0180. The van der Waals surface area contributed by atoms with Gasteiger partial charge in [-0.05, 0) is 32.4 Å². The molecule has 2 heterocycles. The highest BCUT2D eigenvalue weighted by Gasteiger charge is 2.15. The van der Waals surface area contributed by atoms with Gasteiger partial charge < -0.3 is 10.6 Å². The number of hydrogen-bond acceptors (Lipinski definition) is 4. The summed E-state index contributed by atoms with van der Waals surface area (Å²) in [6.45, 7) is 2.06. The summed E-state index contributed by atoms with van der Waals surface area (Å²) in [5.41, 5.74) is 1.68. The van der Waals surface area contributed by atoms with Gasteiger partial charge in [-0.2, -0.15) is 0 Å². The van der Waals surface area contributed by atoms with E-state index in [1.54, 1.807) is 11.7 Å². The van der Waals surface area contributed by atoms with Gasteiger partial charge in [0.1, 0.15) is 4.88 Å². The van der Waals surface area contributed by atoms with Crippen molar-refractivity contribution >= 4 is 17.2 Å². The predicted octanol–water partition coefficient (Wildman–Crippen LogP) is 1.01. The lowest BCUT2D eigenvalue weighted by molar-refractivity contribution is 0.0938. The van der Waals surface area contributed by atoms with Gasteiger partial charge in [0.2, 0.25) is 0 Å². The largest absolute Gasteiger partial charge is 0.349 e. The van der Waals surface area contributed by atoms with E-state index < -0.39 is 0 Å². The van der Waals surface area contributed by atoms with E-state index in [1.807, 2.05) is 0 Å². The number of hydrogen-bond donors (Lipinski definition) is 2. The number of aromatic nitrogens is 1. The summed E-state index contributed by atoms with van der Waals surface area (Å²) >= 11 is 1.39. The third kappa shape index (κ3) is 3.00. The highest BCUT2D eigenvalue weighted by atomic mass is 32.1. The van der Waals surface area contributed by atoms with Crippen LogP contribution in [0, 0.1) is 0 Å². The zero-order chi connectivity index (χ0) is 10.5. The first-order valence-corrected chi connectivity index (χ1v) is 6.14. The van der Waals surface area contributed by atoms with E-state index in [9.17, 15) is 4.79 Å². The van der Waals surface area contributed by atoms with Crippen molar-refractivity contribution in [3.63, 3.8) is 0 Å². The third-order valence-corrected chi connectivity index (χ3v) is 3.34. The normalized spacial score (nSPS) is 22.0. The number of rotatable bonds is 2. The van der Waals surface area contributed by atoms with E-state index in [2.05, 4.69) is 15.6 Å². The second-order valence-electron chi connectivity index (χ2n) is 3.72. The van der Waals surface area contributed by atoms with Crippen LogP contribution in [-0.4, -0.2) is 30.0 Å². The molecule has 0 saturated carbocycles. The summed E-state index contributed by atoms with van der Waals surface area (Å²) in [5.74, 6) is 0.0180. The maximum atomic E-state index is 11.7. The van der Waals surface area contributed by atoms with Crippen LogP contribution in [0.3, 0.4) is 0 Å². The molecular weight excluding hydrogens is 210 g/mol. The number of carbonyl (C=O) groups excluding carboxylic acids is 1. The van der Waals surface area contributed by atoms with Crippen LogP contribution in [0.2, 0.25) is 0 Å². The Labute approximate surface area is 93.1 Å². The van der Waals surface area contributed by atoms with Crippen LogP contribution in [-0.2, 0) is 0 Å². The Balaban J connectivity index is 1.87. The summed E-state index contributed by atoms with van der Waals surface area (Å²) < 4.78 is 0. The lowest BCUT2D eigenvalue weighted by atomic mass is 10.1. The zero-order valence-corrected chi connectivity index (χ0v) is 9.35. The Kier molecular flexibility index (Phi) is 3.69. The monoisotopic (exact) mass is 225 g/mol. The molecule has 5 heteroatoms. The van der Waals surface area contributed by atoms with Crippen LogP contribution >= 0.6 is 11.3 Å². The lowest BCUT2D eigenvalue weighted by Crippen LogP contribution is -2.34. The highest BCUT2D eigenvalue weighted by molar-refractivity contribution is 7.11. The van der Waals surface area contributed by atoms with Gasteiger partial charge in [-0.15, -0.1) is 11.3 Å². The average Bonchev–Trinajstić information content (AvgIpc) is 2.65. The van der Waals surface area contributed by atoms with Crippen molar-refractivity contribution in [1.82, 2.24) is 15.6 Å². The topological polar surface area (TPSA) is 54.0 Å². The summed E-state index contributed by atoms with van der Waals surface area (Å²) in [6.07, 6.45) is 4.84. The fourth-order valence-corrected chi connectivity index (χ4v) is 2.27. The predicted molar refractivity (Wildman–Crippen MR) is 60.1 cm³/mol. The third-order valence-electron chi connectivity index (χ3n) is 2.57. The minimum Gasteiger partial charge on any atom is -0.349 e. The molecule has 82 valence electrons. The standard InChI is InChI=1S/C10H15N3OS/c14-10(9-6-12-7-15-9)13-8-2-1-4-11-5-3-8/h6-8,11H,1-5H2,(H,13,14). The van der Waals surface area contributed by atoms with E-state index in [-0.39, 0.29) is 5.91 Å². The van der Waals surface area contributed by atoms with E-state index in [0.717, 1.165) is 32.4 Å². The van der Waals surface area contributed by atoms with Crippen molar-refractivity contribution in [1.29, 1.82) is 0 Å². The van der Waals surface area contributed by atoms with Crippen molar-refractivity contribution in [3.05, 3.63) is 16.6 Å². The number of nitrogens with zero attached hydrogens (tertiary/aromatic N) is 1. The molecular formula is C10H15N3OS. The molecule has 0 spiro atoms. The summed E-state index contributed by atoms with van der Waals surface area (Å²) in [6, 6.07) is 0.314. The Morgan fingerprint density at radius 1 is 1.53 bits per heavy atom. The van der Waals surface area contributed by atoms with Crippen LogP contribution in [0.5, 0.6) is 0 Å². The van der Waals surface area contributed by atoms with Gasteiger partial charge in [0.25, 0.3) is 5.91 Å². The molecule has 1 fully saturated rings. The Hall–Kier alpha value is -0.940. The van der Waals surface area contributed by atoms with Gasteiger partial charge in [-0.1, -0.05) is 0 Å². The van der Waals surface area contributed by atoms with Gasteiger partial charge in [0.15, 0.2) is 0 Å².